The number of ketones is 1. The molecule has 0 aromatic heterocycles. The minimum atomic E-state index is -4.10. The number of carbonyl (C=O) groups is 1. The Morgan fingerprint density at radius 1 is 1.08 bits per heavy atom. The van der Waals surface area contributed by atoms with Gasteiger partial charge >= 0.3 is 6.18 Å². The lowest BCUT2D eigenvalue weighted by Crippen LogP contribution is -2.31. The summed E-state index contributed by atoms with van der Waals surface area (Å²) in [6, 6.07) is 9.27. The number of hydrogen-bond acceptors (Lipinski definition) is 2. The average molecular weight is 350 g/mol. The standard InChI is InChI=1S/C20H21F3O2/c1-12-18-9-3-14(13(2)24)11-15(18)4-10-19(12)25-17-7-5-16(6-8-17)20(21,22)23/h3-4,9-11,16-17H,5-8H2,1-2H3/t16-,17+. The van der Waals surface area contributed by atoms with Gasteiger partial charge in [-0.1, -0.05) is 18.2 Å². The van der Waals surface area contributed by atoms with Crippen LogP contribution < -0.4 is 4.74 Å². The van der Waals surface area contributed by atoms with E-state index in [-0.39, 0.29) is 24.7 Å². The first-order chi connectivity index (χ1) is 11.8. The fraction of sp³-hybridized carbons (Fsp3) is 0.450. The van der Waals surface area contributed by atoms with E-state index in [9.17, 15) is 18.0 Å². The summed E-state index contributed by atoms with van der Waals surface area (Å²) < 4.78 is 44.3. The third-order valence-electron chi connectivity index (χ3n) is 5.08. The molecule has 0 heterocycles. The average Bonchev–Trinajstić information content (AvgIpc) is 2.56. The summed E-state index contributed by atoms with van der Waals surface area (Å²) >= 11 is 0. The predicted molar refractivity (Wildman–Crippen MR) is 91.1 cm³/mol. The monoisotopic (exact) mass is 350 g/mol. The highest BCUT2D eigenvalue weighted by molar-refractivity contribution is 5.99. The number of ether oxygens (including phenoxy) is 1. The highest BCUT2D eigenvalue weighted by Crippen LogP contribution is 2.39. The number of carbonyl (C=O) groups excluding carboxylic acids is 1. The lowest BCUT2D eigenvalue weighted by atomic mass is 9.87. The maximum atomic E-state index is 12.8. The molecule has 2 nitrogen and oxygen atoms in total. The van der Waals surface area contributed by atoms with Gasteiger partial charge in [0.15, 0.2) is 5.78 Å². The molecule has 1 aliphatic rings. The van der Waals surface area contributed by atoms with E-state index < -0.39 is 12.1 Å². The zero-order chi connectivity index (χ0) is 18.2. The van der Waals surface area contributed by atoms with Crippen molar-refractivity contribution in [2.45, 2.75) is 51.8 Å². The number of fused-ring (bicyclic) bond motifs is 1. The molecule has 1 fully saturated rings. The van der Waals surface area contributed by atoms with Crippen molar-refractivity contribution in [3.63, 3.8) is 0 Å². The summed E-state index contributed by atoms with van der Waals surface area (Å²) in [5.41, 5.74) is 1.61. The quantitative estimate of drug-likeness (QED) is 0.649. The highest BCUT2D eigenvalue weighted by Gasteiger charge is 2.41. The second kappa shape index (κ2) is 6.70. The van der Waals surface area contributed by atoms with E-state index in [1.807, 2.05) is 31.2 Å². The maximum absolute atomic E-state index is 12.8. The molecule has 0 bridgehead atoms. The Hall–Kier alpha value is -2.04. The molecule has 5 heteroatoms. The van der Waals surface area contributed by atoms with E-state index in [1.165, 1.54) is 6.92 Å². The summed E-state index contributed by atoms with van der Waals surface area (Å²) in [6.07, 6.45) is -3.18. The second-order valence-electron chi connectivity index (χ2n) is 6.81. The summed E-state index contributed by atoms with van der Waals surface area (Å²) in [5, 5.41) is 1.95. The van der Waals surface area contributed by atoms with Crippen molar-refractivity contribution < 1.29 is 22.7 Å². The molecule has 2 aromatic rings. The minimum absolute atomic E-state index is 0.0151. The summed E-state index contributed by atoms with van der Waals surface area (Å²) in [6.45, 7) is 3.47. The number of aryl methyl sites for hydroxylation is 1. The zero-order valence-electron chi connectivity index (χ0n) is 14.3. The van der Waals surface area contributed by atoms with Gasteiger partial charge in [0.05, 0.1) is 12.0 Å². The first kappa shape index (κ1) is 17.8. The van der Waals surface area contributed by atoms with E-state index in [2.05, 4.69) is 0 Å². The number of hydrogen-bond donors (Lipinski definition) is 0. The smallest absolute Gasteiger partial charge is 0.391 e. The summed E-state index contributed by atoms with van der Waals surface area (Å²) in [5.74, 6) is -0.477. The second-order valence-corrected chi connectivity index (χ2v) is 6.81. The molecule has 25 heavy (non-hydrogen) atoms. The van der Waals surface area contributed by atoms with Crippen molar-refractivity contribution in [2.24, 2.45) is 5.92 Å². The van der Waals surface area contributed by atoms with Gasteiger partial charge in [-0.25, -0.2) is 0 Å². The van der Waals surface area contributed by atoms with Crippen LogP contribution in [0.4, 0.5) is 13.2 Å². The molecule has 0 unspecified atom stereocenters. The molecule has 0 saturated heterocycles. The van der Waals surface area contributed by atoms with Crippen LogP contribution in [-0.2, 0) is 0 Å². The van der Waals surface area contributed by atoms with Gasteiger partial charge in [-0.05, 0) is 68.0 Å². The van der Waals surface area contributed by atoms with Crippen LogP contribution in [0.25, 0.3) is 10.8 Å². The fourth-order valence-corrected chi connectivity index (χ4v) is 3.50. The molecule has 0 N–H and O–H groups in total. The van der Waals surface area contributed by atoms with Gasteiger partial charge in [0.25, 0.3) is 0 Å². The Morgan fingerprint density at radius 3 is 2.36 bits per heavy atom. The van der Waals surface area contributed by atoms with Gasteiger partial charge in [0.2, 0.25) is 0 Å². The van der Waals surface area contributed by atoms with Crippen molar-refractivity contribution in [1.82, 2.24) is 0 Å². The molecule has 0 atom stereocenters. The van der Waals surface area contributed by atoms with Gasteiger partial charge in [-0.2, -0.15) is 13.2 Å². The number of halogens is 3. The first-order valence-electron chi connectivity index (χ1n) is 8.53. The van der Waals surface area contributed by atoms with Crippen LogP contribution in [0.5, 0.6) is 5.75 Å². The number of alkyl halides is 3. The molecule has 2 aromatic carbocycles. The SMILES string of the molecule is CC(=O)c1ccc2c(C)c(O[C@H]3CC[C@@H](C(F)(F)F)CC3)ccc2c1. The number of benzene rings is 2. The summed E-state index contributed by atoms with van der Waals surface area (Å²) in [4.78, 5) is 11.5. The molecule has 3 rings (SSSR count). The molecule has 0 radical (unpaired) electrons. The van der Waals surface area contributed by atoms with E-state index >= 15 is 0 Å². The third-order valence-corrected chi connectivity index (χ3v) is 5.08. The highest BCUT2D eigenvalue weighted by atomic mass is 19.4. The predicted octanol–water partition coefficient (Wildman–Crippen LogP) is 5.85. The van der Waals surface area contributed by atoms with Gasteiger partial charge in [0, 0.05) is 5.56 Å². The molecule has 1 aliphatic carbocycles. The Bertz CT molecular complexity index is 787. The van der Waals surface area contributed by atoms with Gasteiger partial charge < -0.3 is 4.74 Å². The van der Waals surface area contributed by atoms with Crippen molar-refractivity contribution in [2.75, 3.05) is 0 Å². The van der Waals surface area contributed by atoms with Crippen LogP contribution in [0.1, 0.15) is 48.5 Å². The first-order valence-corrected chi connectivity index (χ1v) is 8.53. The Balaban J connectivity index is 1.75. The normalized spacial score (nSPS) is 21.3. The Labute approximate surface area is 145 Å². The topological polar surface area (TPSA) is 26.3 Å². The van der Waals surface area contributed by atoms with E-state index in [0.29, 0.717) is 24.2 Å². The summed E-state index contributed by atoms with van der Waals surface area (Å²) in [7, 11) is 0. The van der Waals surface area contributed by atoms with Crippen molar-refractivity contribution in [3.8, 4) is 5.75 Å². The minimum Gasteiger partial charge on any atom is -0.490 e. The van der Waals surface area contributed by atoms with Crippen molar-refractivity contribution in [3.05, 3.63) is 41.5 Å². The lowest BCUT2D eigenvalue weighted by molar-refractivity contribution is -0.185. The van der Waals surface area contributed by atoms with Crippen LogP contribution in [0.3, 0.4) is 0 Å². The van der Waals surface area contributed by atoms with Crippen LogP contribution in [0.15, 0.2) is 30.3 Å². The molecule has 0 spiro atoms. The van der Waals surface area contributed by atoms with Crippen LogP contribution >= 0.6 is 0 Å². The van der Waals surface area contributed by atoms with E-state index in [4.69, 9.17) is 4.74 Å². The van der Waals surface area contributed by atoms with E-state index in [0.717, 1.165) is 16.3 Å². The molecule has 0 aliphatic heterocycles. The van der Waals surface area contributed by atoms with Crippen LogP contribution in [-0.4, -0.2) is 18.1 Å². The largest absolute Gasteiger partial charge is 0.490 e. The number of Topliss-reactive ketones (excluding diaryl/α,β-unsaturated/α-hetero) is 1. The van der Waals surface area contributed by atoms with E-state index in [1.54, 1.807) is 6.07 Å². The van der Waals surface area contributed by atoms with Gasteiger partial charge in [-0.15, -0.1) is 0 Å². The molecular formula is C20H21F3O2. The molecule has 134 valence electrons. The third kappa shape index (κ3) is 3.80. The van der Waals surface area contributed by atoms with Crippen LogP contribution in [0.2, 0.25) is 0 Å². The fourth-order valence-electron chi connectivity index (χ4n) is 3.50. The van der Waals surface area contributed by atoms with Crippen molar-refractivity contribution >= 4 is 16.6 Å². The molecular weight excluding hydrogens is 329 g/mol. The Morgan fingerprint density at radius 2 is 1.76 bits per heavy atom. The van der Waals surface area contributed by atoms with Gasteiger partial charge in [0.1, 0.15) is 5.75 Å². The number of rotatable bonds is 3. The van der Waals surface area contributed by atoms with Crippen molar-refractivity contribution in [1.29, 1.82) is 0 Å². The molecule has 1 saturated carbocycles. The maximum Gasteiger partial charge on any atom is 0.391 e. The zero-order valence-corrected chi connectivity index (χ0v) is 14.3. The van der Waals surface area contributed by atoms with Gasteiger partial charge in [-0.3, -0.25) is 4.79 Å². The Kier molecular flexibility index (Phi) is 4.76. The molecule has 0 amide bonds. The lowest BCUT2D eigenvalue weighted by Gasteiger charge is -2.30. The van der Waals surface area contributed by atoms with Crippen LogP contribution in [0, 0.1) is 12.8 Å².